The van der Waals surface area contributed by atoms with Crippen LogP contribution >= 0.6 is 0 Å². The van der Waals surface area contributed by atoms with Gasteiger partial charge in [0.15, 0.2) is 5.60 Å². The second kappa shape index (κ2) is 4.28. The molecule has 0 amide bonds. The number of aliphatic carboxylic acids is 1. The van der Waals surface area contributed by atoms with Gasteiger partial charge in [-0.2, -0.15) is 0 Å². The number of aliphatic hydroxyl groups is 1. The van der Waals surface area contributed by atoms with Gasteiger partial charge in [-0.3, -0.25) is 0 Å². The third-order valence-electron chi connectivity index (χ3n) is 3.05. The summed E-state index contributed by atoms with van der Waals surface area (Å²) in [5, 5.41) is 18.6. The Balaban J connectivity index is 2.63. The average molecular weight is 202 g/mol. The topological polar surface area (TPSA) is 66.8 Å². The van der Waals surface area contributed by atoms with Crippen molar-refractivity contribution < 1.29 is 19.7 Å². The number of ether oxygens (including phenoxy) is 1. The van der Waals surface area contributed by atoms with Gasteiger partial charge in [-0.05, 0) is 26.2 Å². The third kappa shape index (κ3) is 2.25. The molecule has 1 fully saturated rings. The summed E-state index contributed by atoms with van der Waals surface area (Å²) in [6, 6.07) is 0. The lowest BCUT2D eigenvalue weighted by Gasteiger charge is -2.35. The monoisotopic (exact) mass is 202 g/mol. The van der Waals surface area contributed by atoms with Crippen LogP contribution in [-0.4, -0.2) is 34.5 Å². The minimum Gasteiger partial charge on any atom is -0.479 e. The Hall–Kier alpha value is -0.610. The third-order valence-corrected chi connectivity index (χ3v) is 3.05. The lowest BCUT2D eigenvalue weighted by atomic mass is 9.81. The van der Waals surface area contributed by atoms with Gasteiger partial charge in [0.05, 0.1) is 6.10 Å². The van der Waals surface area contributed by atoms with Crippen molar-refractivity contribution in [2.45, 2.75) is 44.8 Å². The number of carboxylic acid groups (broad SMARTS) is 1. The van der Waals surface area contributed by atoms with Crippen LogP contribution < -0.4 is 0 Å². The maximum Gasteiger partial charge on any atom is 0.335 e. The van der Waals surface area contributed by atoms with Gasteiger partial charge >= 0.3 is 5.97 Å². The van der Waals surface area contributed by atoms with E-state index in [1.54, 1.807) is 0 Å². The van der Waals surface area contributed by atoms with Gasteiger partial charge in [0.2, 0.25) is 0 Å². The van der Waals surface area contributed by atoms with Crippen molar-refractivity contribution in [1.29, 1.82) is 0 Å². The van der Waals surface area contributed by atoms with Gasteiger partial charge in [0.25, 0.3) is 0 Å². The SMILES string of the molecule is CCC1CC(C(C)(O)C(=O)O)CCO1. The summed E-state index contributed by atoms with van der Waals surface area (Å²) in [7, 11) is 0. The number of hydrogen-bond donors (Lipinski definition) is 2. The molecule has 0 aromatic rings. The number of carbonyl (C=O) groups is 1. The van der Waals surface area contributed by atoms with E-state index >= 15 is 0 Å². The highest BCUT2D eigenvalue weighted by Gasteiger charge is 2.41. The van der Waals surface area contributed by atoms with Crippen molar-refractivity contribution in [3.63, 3.8) is 0 Å². The normalized spacial score (nSPS) is 32.2. The predicted molar refractivity (Wildman–Crippen MR) is 51.0 cm³/mol. The first kappa shape index (κ1) is 11.5. The van der Waals surface area contributed by atoms with Crippen molar-refractivity contribution >= 4 is 5.97 Å². The Morgan fingerprint density at radius 2 is 2.29 bits per heavy atom. The van der Waals surface area contributed by atoms with Crippen molar-refractivity contribution in [1.82, 2.24) is 0 Å². The summed E-state index contributed by atoms with van der Waals surface area (Å²) in [6.07, 6.45) is 2.22. The number of rotatable bonds is 3. The molecule has 3 atom stereocenters. The van der Waals surface area contributed by atoms with Crippen LogP contribution in [0.4, 0.5) is 0 Å². The molecule has 0 aliphatic carbocycles. The van der Waals surface area contributed by atoms with Gasteiger partial charge < -0.3 is 14.9 Å². The van der Waals surface area contributed by atoms with Crippen LogP contribution in [0.3, 0.4) is 0 Å². The zero-order valence-electron chi connectivity index (χ0n) is 8.69. The highest BCUT2D eigenvalue weighted by Crippen LogP contribution is 2.31. The largest absolute Gasteiger partial charge is 0.479 e. The molecule has 0 aromatic heterocycles. The molecule has 82 valence electrons. The summed E-state index contributed by atoms with van der Waals surface area (Å²) >= 11 is 0. The van der Waals surface area contributed by atoms with E-state index in [0.717, 1.165) is 6.42 Å². The zero-order chi connectivity index (χ0) is 10.8. The van der Waals surface area contributed by atoms with E-state index in [9.17, 15) is 9.90 Å². The quantitative estimate of drug-likeness (QED) is 0.717. The molecule has 1 aliphatic rings. The first-order valence-electron chi connectivity index (χ1n) is 5.05. The Bertz CT molecular complexity index is 212. The van der Waals surface area contributed by atoms with Gasteiger partial charge in [0.1, 0.15) is 0 Å². The molecule has 14 heavy (non-hydrogen) atoms. The molecule has 4 nitrogen and oxygen atoms in total. The molecule has 0 radical (unpaired) electrons. The van der Waals surface area contributed by atoms with Gasteiger partial charge in [0, 0.05) is 12.5 Å². The maximum absolute atomic E-state index is 10.8. The molecular weight excluding hydrogens is 184 g/mol. The molecule has 0 saturated carbocycles. The predicted octanol–water partition coefficient (Wildman–Crippen LogP) is 1.03. The Morgan fingerprint density at radius 3 is 2.79 bits per heavy atom. The zero-order valence-corrected chi connectivity index (χ0v) is 8.69. The van der Waals surface area contributed by atoms with E-state index in [1.807, 2.05) is 6.92 Å². The molecule has 4 heteroatoms. The van der Waals surface area contributed by atoms with Crippen LogP contribution in [0.1, 0.15) is 33.1 Å². The minimum absolute atomic E-state index is 0.0968. The van der Waals surface area contributed by atoms with Crippen LogP contribution in [0.2, 0.25) is 0 Å². The molecule has 0 aromatic carbocycles. The summed E-state index contributed by atoms with van der Waals surface area (Å²) in [6.45, 7) is 3.92. The van der Waals surface area contributed by atoms with Crippen LogP contribution in [0.25, 0.3) is 0 Å². The lowest BCUT2D eigenvalue weighted by Crippen LogP contribution is -2.46. The smallest absolute Gasteiger partial charge is 0.335 e. The van der Waals surface area contributed by atoms with E-state index in [0.29, 0.717) is 19.4 Å². The summed E-state index contributed by atoms with van der Waals surface area (Å²) in [5.41, 5.74) is -1.61. The summed E-state index contributed by atoms with van der Waals surface area (Å²) in [4.78, 5) is 10.8. The fourth-order valence-corrected chi connectivity index (χ4v) is 1.85. The van der Waals surface area contributed by atoms with E-state index in [-0.39, 0.29) is 12.0 Å². The average Bonchev–Trinajstić information content (AvgIpc) is 2.17. The molecule has 2 N–H and O–H groups in total. The molecular formula is C10H18O4. The number of carboxylic acids is 1. The van der Waals surface area contributed by atoms with Crippen LogP contribution in [0.15, 0.2) is 0 Å². The van der Waals surface area contributed by atoms with Crippen molar-refractivity contribution in [2.24, 2.45) is 5.92 Å². The second-order valence-electron chi connectivity index (χ2n) is 4.08. The van der Waals surface area contributed by atoms with E-state index in [1.165, 1.54) is 6.92 Å². The van der Waals surface area contributed by atoms with E-state index in [2.05, 4.69) is 0 Å². The van der Waals surface area contributed by atoms with Gasteiger partial charge in [-0.25, -0.2) is 4.79 Å². The van der Waals surface area contributed by atoms with Crippen LogP contribution in [0, 0.1) is 5.92 Å². The maximum atomic E-state index is 10.8. The van der Waals surface area contributed by atoms with Crippen molar-refractivity contribution in [3.8, 4) is 0 Å². The summed E-state index contributed by atoms with van der Waals surface area (Å²) < 4.78 is 5.43. The van der Waals surface area contributed by atoms with Crippen molar-refractivity contribution in [2.75, 3.05) is 6.61 Å². The van der Waals surface area contributed by atoms with E-state index < -0.39 is 11.6 Å². The number of hydrogen-bond acceptors (Lipinski definition) is 3. The molecule has 1 aliphatic heterocycles. The standard InChI is InChI=1S/C10H18O4/c1-3-8-6-7(4-5-14-8)10(2,13)9(11)12/h7-8,13H,3-6H2,1-2H3,(H,11,12). The summed E-state index contributed by atoms with van der Waals surface area (Å²) in [5.74, 6) is -1.34. The highest BCUT2D eigenvalue weighted by molar-refractivity contribution is 5.76. The second-order valence-corrected chi connectivity index (χ2v) is 4.08. The van der Waals surface area contributed by atoms with E-state index in [4.69, 9.17) is 9.84 Å². The lowest BCUT2D eigenvalue weighted by molar-refractivity contribution is -0.168. The fourth-order valence-electron chi connectivity index (χ4n) is 1.85. The van der Waals surface area contributed by atoms with Gasteiger partial charge in [-0.1, -0.05) is 6.92 Å². The first-order chi connectivity index (χ1) is 6.48. The molecule has 3 unspecified atom stereocenters. The van der Waals surface area contributed by atoms with Crippen molar-refractivity contribution in [3.05, 3.63) is 0 Å². The Kier molecular flexibility index (Phi) is 3.50. The fraction of sp³-hybridized carbons (Fsp3) is 0.900. The molecule has 1 rings (SSSR count). The van der Waals surface area contributed by atoms with Crippen LogP contribution in [0.5, 0.6) is 0 Å². The van der Waals surface area contributed by atoms with Gasteiger partial charge in [-0.15, -0.1) is 0 Å². The highest BCUT2D eigenvalue weighted by atomic mass is 16.5. The molecule has 1 saturated heterocycles. The minimum atomic E-state index is -1.61. The first-order valence-corrected chi connectivity index (χ1v) is 5.05. The molecule has 0 bridgehead atoms. The van der Waals surface area contributed by atoms with Crippen LogP contribution in [-0.2, 0) is 9.53 Å². The Morgan fingerprint density at radius 1 is 1.64 bits per heavy atom. The molecule has 1 heterocycles. The molecule has 0 spiro atoms. The Labute approximate surface area is 83.9 Å².